The Morgan fingerprint density at radius 2 is 0.723 bits per heavy atom. The van der Waals surface area contributed by atoms with Crippen molar-refractivity contribution < 1.29 is 83.9 Å². The Balaban J connectivity index is 0. The fourth-order valence-corrected chi connectivity index (χ4v) is 3.89. The number of esters is 1. The molecule has 0 heterocycles. The molecule has 0 bridgehead atoms. The van der Waals surface area contributed by atoms with E-state index in [2.05, 4.69) is 25.3 Å². The zero-order chi connectivity index (χ0) is 36.7. The largest absolute Gasteiger partial charge is 0.480 e. The lowest BCUT2D eigenvalue weighted by Crippen LogP contribution is -2.44. The second-order valence-corrected chi connectivity index (χ2v) is 10.6. The van der Waals surface area contributed by atoms with Gasteiger partial charge in [0.25, 0.3) is 0 Å². The molecule has 0 aliphatic carbocycles. The minimum absolute atomic E-state index is 0.0703. The van der Waals surface area contributed by atoms with E-state index in [1.165, 1.54) is 4.90 Å². The van der Waals surface area contributed by atoms with E-state index >= 15 is 0 Å². The Bertz CT molecular complexity index is 983. The third-order valence-electron chi connectivity index (χ3n) is 5.41. The van der Waals surface area contributed by atoms with Crippen LogP contribution >= 0.6 is 25.3 Å². The highest BCUT2D eigenvalue weighted by molar-refractivity contribution is 7.84. The summed E-state index contributed by atoms with van der Waals surface area (Å²) in [6.45, 7) is -4.98. The second-order valence-electron chi connectivity index (χ2n) is 9.56. The van der Waals surface area contributed by atoms with Gasteiger partial charge in [-0.05, 0) is 0 Å². The van der Waals surface area contributed by atoms with Crippen LogP contribution in [-0.4, -0.2) is 210 Å². The van der Waals surface area contributed by atoms with Gasteiger partial charge in [-0.3, -0.25) is 58.0 Å². The summed E-state index contributed by atoms with van der Waals surface area (Å²) in [4.78, 5) is 91.2. The van der Waals surface area contributed by atoms with Gasteiger partial charge in [-0.1, -0.05) is 0 Å². The maximum atomic E-state index is 12.0. The molecular weight excluding hydrogens is 680 g/mol. The topological polar surface area (TPSA) is 321 Å². The summed E-state index contributed by atoms with van der Waals surface area (Å²) in [5, 5.41) is 69.7. The Labute approximate surface area is 278 Å². The van der Waals surface area contributed by atoms with Crippen molar-refractivity contribution in [2.45, 2.75) is 11.4 Å². The van der Waals surface area contributed by atoms with Crippen LogP contribution < -0.4 is 0 Å². The highest BCUT2D eigenvalue weighted by Crippen LogP contribution is 2.09. The molecule has 0 aromatic heterocycles. The molecule has 23 heteroatoms. The molecule has 0 spiro atoms. The van der Waals surface area contributed by atoms with Gasteiger partial charge >= 0.3 is 47.8 Å². The number of aliphatic carboxylic acids is 7. The van der Waals surface area contributed by atoms with Gasteiger partial charge in [-0.2, -0.15) is 25.3 Å². The van der Waals surface area contributed by atoms with Crippen LogP contribution in [0.1, 0.15) is 0 Å². The second kappa shape index (κ2) is 25.4. The molecule has 8 N–H and O–H groups in total. The third kappa shape index (κ3) is 27.1. The number of carbonyl (C=O) groups excluding carboxylic acids is 1. The quantitative estimate of drug-likeness (QED) is 0.0300. The van der Waals surface area contributed by atoms with Crippen LogP contribution in [0.25, 0.3) is 0 Å². The van der Waals surface area contributed by atoms with E-state index in [9.17, 15) is 43.5 Å². The average molecular weight is 721 g/mol. The van der Waals surface area contributed by atoms with E-state index < -0.39 is 118 Å². The van der Waals surface area contributed by atoms with Gasteiger partial charge in [0.15, 0.2) is 0 Å². The molecule has 0 saturated heterocycles. The molecule has 2 atom stereocenters. The van der Waals surface area contributed by atoms with Crippen LogP contribution in [0.5, 0.6) is 0 Å². The van der Waals surface area contributed by atoms with Gasteiger partial charge in [-0.25, -0.2) is 0 Å². The van der Waals surface area contributed by atoms with Crippen molar-refractivity contribution in [2.24, 2.45) is 0 Å². The van der Waals surface area contributed by atoms with Crippen molar-refractivity contribution in [1.29, 1.82) is 0 Å². The first-order valence-electron chi connectivity index (χ1n) is 13.3. The normalized spacial score (nSPS) is 12.2. The van der Waals surface area contributed by atoms with Crippen molar-refractivity contribution in [2.75, 3.05) is 90.9 Å². The highest BCUT2D eigenvalue weighted by atomic mass is 32.1. The van der Waals surface area contributed by atoms with E-state index in [-0.39, 0.29) is 31.9 Å². The predicted molar refractivity (Wildman–Crippen MR) is 163 cm³/mol. The first-order valence-corrected chi connectivity index (χ1v) is 14.5. The van der Waals surface area contributed by atoms with Gasteiger partial charge in [0.2, 0.25) is 0 Å². The zero-order valence-electron chi connectivity index (χ0n) is 25.0. The molecule has 0 aromatic rings. The fourth-order valence-electron chi connectivity index (χ4n) is 3.50. The molecule has 0 aliphatic heterocycles. The summed E-state index contributed by atoms with van der Waals surface area (Å²) in [6.07, 6.45) is -0.916. The van der Waals surface area contributed by atoms with Gasteiger partial charge < -0.3 is 45.6 Å². The van der Waals surface area contributed by atoms with Gasteiger partial charge in [0.1, 0.15) is 6.10 Å². The van der Waals surface area contributed by atoms with Crippen LogP contribution in [0.4, 0.5) is 0 Å². The standard InChI is InChI=1S/C14H24N2O9S2.C10H16N2O8/c17-7-9(10(27)8-26)25-14(24)6-16(5-13(22)23)2-1-15(3-11(18)19)4-12(20)21;13-7(14)3-11(4-8(15)16)1-2-12(5-9(17)18)6-10(19)20/h9-10,17,26-27H,1-8H2,(H,18,19)(H,20,21)(H,22,23);1-6H2,(H,13,14)(H,15,16)(H,17,18)(H,19,20)/t9-,10-;/m1./s1. The van der Waals surface area contributed by atoms with Crippen molar-refractivity contribution in [3.05, 3.63) is 0 Å². The number of nitrogens with zero attached hydrogens (tertiary/aromatic N) is 4. The van der Waals surface area contributed by atoms with E-state index in [4.69, 9.17) is 40.5 Å². The third-order valence-corrected chi connectivity index (χ3v) is 6.61. The molecule has 270 valence electrons. The number of ether oxygens (including phenoxy) is 1. The number of aliphatic hydroxyl groups is 1. The van der Waals surface area contributed by atoms with E-state index in [1.54, 1.807) is 0 Å². The first kappa shape index (κ1) is 45.4. The van der Waals surface area contributed by atoms with Crippen molar-refractivity contribution in [3.8, 4) is 0 Å². The highest BCUT2D eigenvalue weighted by Gasteiger charge is 2.24. The van der Waals surface area contributed by atoms with Crippen LogP contribution in [-0.2, 0) is 43.1 Å². The summed E-state index contributed by atoms with van der Waals surface area (Å²) >= 11 is 8.11. The maximum absolute atomic E-state index is 12.0. The Morgan fingerprint density at radius 3 is 0.915 bits per heavy atom. The average Bonchev–Trinajstić information content (AvgIpc) is 2.90. The van der Waals surface area contributed by atoms with Crippen molar-refractivity contribution in [3.63, 3.8) is 0 Å². The number of carboxylic acid groups (broad SMARTS) is 7. The molecule has 21 nitrogen and oxygen atoms in total. The lowest BCUT2D eigenvalue weighted by Gasteiger charge is -2.25. The fraction of sp³-hybridized carbons (Fsp3) is 0.667. The van der Waals surface area contributed by atoms with Crippen molar-refractivity contribution in [1.82, 2.24) is 19.6 Å². The number of carboxylic acids is 7. The van der Waals surface area contributed by atoms with E-state index in [0.29, 0.717) is 0 Å². The Morgan fingerprint density at radius 1 is 0.489 bits per heavy atom. The van der Waals surface area contributed by atoms with Gasteiger partial charge in [0.05, 0.1) is 59.0 Å². The molecule has 0 fully saturated rings. The van der Waals surface area contributed by atoms with Crippen LogP contribution in [0.15, 0.2) is 0 Å². The minimum Gasteiger partial charge on any atom is -0.480 e. The molecule has 0 aromatic carbocycles. The number of carbonyl (C=O) groups is 8. The predicted octanol–water partition coefficient (Wildman–Crippen LogP) is -4.09. The molecular formula is C24H40N4O17S2. The maximum Gasteiger partial charge on any atom is 0.320 e. The molecule has 0 saturated carbocycles. The molecule has 0 radical (unpaired) electrons. The van der Waals surface area contributed by atoms with Crippen LogP contribution in [0.2, 0.25) is 0 Å². The number of aliphatic hydroxyl groups excluding tert-OH is 1. The lowest BCUT2D eigenvalue weighted by molar-refractivity contribution is -0.153. The number of hydrogen-bond acceptors (Lipinski definition) is 16. The summed E-state index contributed by atoms with van der Waals surface area (Å²) in [5.41, 5.74) is 0. The van der Waals surface area contributed by atoms with E-state index in [0.717, 1.165) is 14.7 Å². The summed E-state index contributed by atoms with van der Waals surface area (Å²) in [6, 6.07) is 0. The SMILES string of the molecule is O=C(O)CN(CCN(CC(=O)O)CC(=O)O)CC(=O)O.O=C(O)CN(CCN(CC(=O)O)CC(=O)O[C@H](CO)[C@H](S)CS)CC(=O)O. The zero-order valence-corrected chi connectivity index (χ0v) is 26.8. The molecule has 0 amide bonds. The summed E-state index contributed by atoms with van der Waals surface area (Å²) in [5.74, 6) is -9.19. The number of thiol groups is 2. The summed E-state index contributed by atoms with van der Waals surface area (Å²) < 4.78 is 5.05. The van der Waals surface area contributed by atoms with Gasteiger partial charge in [-0.15, -0.1) is 0 Å². The molecule has 47 heavy (non-hydrogen) atoms. The van der Waals surface area contributed by atoms with E-state index in [1.807, 2.05) is 0 Å². The Hall–Kier alpha value is -3.74. The van der Waals surface area contributed by atoms with Gasteiger partial charge in [0, 0.05) is 37.2 Å². The van der Waals surface area contributed by atoms with Crippen molar-refractivity contribution >= 4 is 73.0 Å². The van der Waals surface area contributed by atoms with Crippen LogP contribution in [0.3, 0.4) is 0 Å². The number of rotatable bonds is 26. The molecule has 0 aliphatic rings. The minimum atomic E-state index is -1.24. The lowest BCUT2D eigenvalue weighted by atomic mass is 10.3. The smallest absolute Gasteiger partial charge is 0.320 e. The number of hydrogen-bond donors (Lipinski definition) is 10. The Kier molecular flexibility index (Phi) is 24.5. The first-order chi connectivity index (χ1) is 21.8. The molecule has 0 unspecified atom stereocenters. The summed E-state index contributed by atoms with van der Waals surface area (Å²) in [7, 11) is 0. The van der Waals surface area contributed by atoms with Crippen LogP contribution in [0, 0.1) is 0 Å². The molecule has 0 rings (SSSR count). The monoisotopic (exact) mass is 720 g/mol.